The first-order chi connectivity index (χ1) is 13.8. The van der Waals surface area contributed by atoms with Crippen molar-refractivity contribution in [1.29, 1.82) is 5.41 Å². The van der Waals surface area contributed by atoms with Gasteiger partial charge in [-0.2, -0.15) is 4.98 Å². The molecular weight excluding hydrogens is 350 g/mol. The van der Waals surface area contributed by atoms with Gasteiger partial charge in [0, 0.05) is 36.7 Å². The molecule has 1 atom stereocenters. The first-order valence-corrected chi connectivity index (χ1v) is 10.4. The summed E-state index contributed by atoms with van der Waals surface area (Å²) in [4.78, 5) is 17.9. The highest BCUT2D eigenvalue weighted by molar-refractivity contribution is 5.85. The van der Waals surface area contributed by atoms with Crippen LogP contribution in [0, 0.1) is 5.41 Å². The summed E-state index contributed by atoms with van der Waals surface area (Å²) in [7, 11) is 0. The van der Waals surface area contributed by atoms with Crippen LogP contribution in [0.5, 0.6) is 0 Å². The molecule has 7 heteroatoms. The Morgan fingerprint density at radius 2 is 1.93 bits per heavy atom. The van der Waals surface area contributed by atoms with Crippen molar-refractivity contribution in [3.05, 3.63) is 30.7 Å². The van der Waals surface area contributed by atoms with Crippen LogP contribution in [0.2, 0.25) is 0 Å². The number of nitrogens with zero attached hydrogens (tertiary/aromatic N) is 5. The molecule has 28 heavy (non-hydrogen) atoms. The maximum absolute atomic E-state index is 7.81. The minimum absolute atomic E-state index is 0.371. The Balaban J connectivity index is 0.00000109. The molecule has 4 rings (SSSR count). The molecule has 150 valence electrons. The predicted octanol–water partition coefficient (Wildman–Crippen LogP) is 4.60. The molecule has 2 N–H and O–H groups in total. The van der Waals surface area contributed by atoms with Crippen LogP contribution in [-0.4, -0.2) is 39.9 Å². The summed E-state index contributed by atoms with van der Waals surface area (Å²) in [5.41, 5.74) is 1.84. The fraction of sp³-hybridized carbons (Fsp3) is 0.524. The molecule has 0 radical (unpaired) electrons. The summed E-state index contributed by atoms with van der Waals surface area (Å²) in [6, 6.07) is 4.71. The summed E-state index contributed by atoms with van der Waals surface area (Å²) in [5.74, 6) is 1.53. The Morgan fingerprint density at radius 1 is 1.21 bits per heavy atom. The van der Waals surface area contributed by atoms with Crippen molar-refractivity contribution in [2.24, 2.45) is 0 Å². The average molecular weight is 382 g/mol. The molecule has 1 unspecified atom stereocenters. The molecule has 7 nitrogen and oxygen atoms in total. The lowest BCUT2D eigenvalue weighted by Gasteiger charge is -2.44. The number of hydrogen-bond donors (Lipinski definition) is 2. The van der Waals surface area contributed by atoms with Gasteiger partial charge in [0.1, 0.15) is 5.69 Å². The van der Waals surface area contributed by atoms with Gasteiger partial charge in [0.15, 0.2) is 5.82 Å². The number of fused-ring (bicyclic) bond motifs is 1. The van der Waals surface area contributed by atoms with E-state index in [1.807, 2.05) is 37.1 Å². The zero-order valence-electron chi connectivity index (χ0n) is 17.1. The van der Waals surface area contributed by atoms with E-state index in [2.05, 4.69) is 27.1 Å². The van der Waals surface area contributed by atoms with Crippen molar-refractivity contribution in [2.45, 2.75) is 65.0 Å². The highest BCUT2D eigenvalue weighted by atomic mass is 15.4. The quantitative estimate of drug-likeness (QED) is 0.582. The molecular formula is C21H31N7. The molecule has 1 fully saturated rings. The van der Waals surface area contributed by atoms with Gasteiger partial charge in [-0.3, -0.25) is 10.4 Å². The monoisotopic (exact) mass is 381 g/mol. The fourth-order valence-corrected chi connectivity index (χ4v) is 4.07. The number of anilines is 4. The highest BCUT2D eigenvalue weighted by Gasteiger charge is 2.36. The van der Waals surface area contributed by atoms with Crippen molar-refractivity contribution < 1.29 is 0 Å². The van der Waals surface area contributed by atoms with Gasteiger partial charge in [-0.1, -0.05) is 33.6 Å². The summed E-state index contributed by atoms with van der Waals surface area (Å²) in [5, 5.41) is 11.1. The third kappa shape index (κ3) is 4.08. The second kappa shape index (κ2) is 9.48. The van der Waals surface area contributed by atoms with E-state index in [4.69, 9.17) is 10.4 Å². The van der Waals surface area contributed by atoms with E-state index >= 15 is 0 Å². The van der Waals surface area contributed by atoms with Crippen molar-refractivity contribution in [2.75, 3.05) is 21.7 Å². The molecule has 0 bridgehead atoms. The van der Waals surface area contributed by atoms with Crippen LogP contribution in [0.15, 0.2) is 30.7 Å². The van der Waals surface area contributed by atoms with E-state index in [-0.39, 0.29) is 0 Å². The largest absolute Gasteiger partial charge is 0.347 e. The standard InChI is InChI=1S/C19H25N7.C2H6/c1-2-15-12-25(13-20)17-11-22-19(23-14-7-9-21-10-8-14)24-18(17)26(15)16-5-3-4-6-16;1-2/h7-11,13,15-16,20H,2-6,12H2,1H3,(H,21,22,23,24);1-2H3. The molecule has 1 aliphatic carbocycles. The molecule has 2 aromatic heterocycles. The Morgan fingerprint density at radius 3 is 2.57 bits per heavy atom. The summed E-state index contributed by atoms with van der Waals surface area (Å²) in [6.45, 7) is 7.04. The van der Waals surface area contributed by atoms with Crippen LogP contribution in [0.4, 0.5) is 23.1 Å². The Bertz CT molecular complexity index is 759. The fourth-order valence-electron chi connectivity index (χ4n) is 4.07. The lowest BCUT2D eigenvalue weighted by atomic mass is 10.0. The Hall–Kier alpha value is -2.70. The van der Waals surface area contributed by atoms with Gasteiger partial charge in [-0.05, 0) is 31.4 Å². The van der Waals surface area contributed by atoms with E-state index in [9.17, 15) is 0 Å². The second-order valence-corrected chi connectivity index (χ2v) is 6.95. The lowest BCUT2D eigenvalue weighted by Crippen LogP contribution is -2.52. The number of aromatic nitrogens is 3. The predicted molar refractivity (Wildman–Crippen MR) is 116 cm³/mol. The smallest absolute Gasteiger partial charge is 0.229 e. The molecule has 0 aromatic carbocycles. The summed E-state index contributed by atoms with van der Waals surface area (Å²) < 4.78 is 0. The normalized spacial score (nSPS) is 18.9. The molecule has 0 spiro atoms. The molecule has 0 amide bonds. The number of rotatable bonds is 5. The van der Waals surface area contributed by atoms with E-state index in [1.54, 1.807) is 12.4 Å². The molecule has 2 aromatic rings. The van der Waals surface area contributed by atoms with Crippen molar-refractivity contribution in [3.63, 3.8) is 0 Å². The zero-order chi connectivity index (χ0) is 19.9. The molecule has 2 aliphatic rings. The lowest BCUT2D eigenvalue weighted by molar-refractivity contribution is 0.483. The van der Waals surface area contributed by atoms with Crippen LogP contribution in [-0.2, 0) is 0 Å². The molecule has 3 heterocycles. The van der Waals surface area contributed by atoms with Crippen molar-refractivity contribution >= 4 is 29.5 Å². The van der Waals surface area contributed by atoms with Crippen LogP contribution >= 0.6 is 0 Å². The van der Waals surface area contributed by atoms with E-state index in [0.29, 0.717) is 18.0 Å². The first-order valence-electron chi connectivity index (χ1n) is 10.4. The van der Waals surface area contributed by atoms with Gasteiger partial charge in [0.2, 0.25) is 5.95 Å². The third-order valence-corrected chi connectivity index (χ3v) is 5.39. The van der Waals surface area contributed by atoms with E-state index in [1.165, 1.54) is 32.0 Å². The molecule has 1 saturated carbocycles. The van der Waals surface area contributed by atoms with Gasteiger partial charge < -0.3 is 15.1 Å². The molecule has 1 aliphatic heterocycles. The van der Waals surface area contributed by atoms with Crippen LogP contribution in [0.3, 0.4) is 0 Å². The molecule has 0 saturated heterocycles. The third-order valence-electron chi connectivity index (χ3n) is 5.39. The Kier molecular flexibility index (Phi) is 6.79. The highest BCUT2D eigenvalue weighted by Crippen LogP contribution is 2.39. The number of pyridine rings is 1. The average Bonchev–Trinajstić information content (AvgIpc) is 3.29. The first kappa shape index (κ1) is 20.0. The summed E-state index contributed by atoms with van der Waals surface area (Å²) >= 11 is 0. The van der Waals surface area contributed by atoms with E-state index < -0.39 is 0 Å². The number of hydrogen-bond acceptors (Lipinski definition) is 6. The topological polar surface area (TPSA) is 81.0 Å². The van der Waals surface area contributed by atoms with Crippen LogP contribution in [0.25, 0.3) is 0 Å². The van der Waals surface area contributed by atoms with E-state index in [0.717, 1.165) is 30.2 Å². The minimum Gasteiger partial charge on any atom is -0.347 e. The number of nitrogens with one attached hydrogen (secondary N) is 2. The van der Waals surface area contributed by atoms with Crippen molar-refractivity contribution in [1.82, 2.24) is 15.0 Å². The van der Waals surface area contributed by atoms with Crippen LogP contribution < -0.4 is 15.1 Å². The van der Waals surface area contributed by atoms with Gasteiger partial charge in [-0.15, -0.1) is 0 Å². The summed E-state index contributed by atoms with van der Waals surface area (Å²) in [6.07, 6.45) is 12.8. The maximum Gasteiger partial charge on any atom is 0.229 e. The Labute approximate surface area is 167 Å². The zero-order valence-corrected chi connectivity index (χ0v) is 17.1. The van der Waals surface area contributed by atoms with Crippen molar-refractivity contribution in [3.8, 4) is 0 Å². The maximum atomic E-state index is 7.81. The minimum atomic E-state index is 0.371. The van der Waals surface area contributed by atoms with Gasteiger partial charge >= 0.3 is 0 Å². The van der Waals surface area contributed by atoms with Crippen LogP contribution in [0.1, 0.15) is 52.9 Å². The SMILES string of the molecule is CC.CCC1CN(C=N)c2cnc(Nc3ccncc3)nc2N1C1CCCC1. The van der Waals surface area contributed by atoms with Gasteiger partial charge in [0.25, 0.3) is 0 Å². The van der Waals surface area contributed by atoms with Gasteiger partial charge in [-0.25, -0.2) is 4.98 Å². The van der Waals surface area contributed by atoms with Gasteiger partial charge in [0.05, 0.1) is 12.5 Å². The second-order valence-electron chi connectivity index (χ2n) is 6.95.